The molecule has 0 spiro atoms. The van der Waals surface area contributed by atoms with Gasteiger partial charge in [0, 0.05) is 17.7 Å². The number of hydrogen-bond donors (Lipinski definition) is 1. The van der Waals surface area contributed by atoms with Crippen LogP contribution in [0.15, 0.2) is 91.0 Å². The quantitative estimate of drug-likeness (QED) is 0.275. The van der Waals surface area contributed by atoms with Crippen LogP contribution in [0.1, 0.15) is 38.7 Å². The summed E-state index contributed by atoms with van der Waals surface area (Å²) in [6.45, 7) is 5.75. The lowest BCUT2D eigenvalue weighted by atomic mass is 9.94. The third-order valence-electron chi connectivity index (χ3n) is 6.26. The third-order valence-corrected chi connectivity index (χ3v) is 6.58. The van der Waals surface area contributed by atoms with Gasteiger partial charge in [-0.05, 0) is 38.0 Å². The highest BCUT2D eigenvalue weighted by atomic mass is 35.5. The van der Waals surface area contributed by atoms with Crippen molar-refractivity contribution in [3.8, 4) is 16.9 Å². The summed E-state index contributed by atoms with van der Waals surface area (Å²) in [5, 5.41) is 8.21. The Morgan fingerprint density at radius 3 is 2.19 bits per heavy atom. The molecule has 0 fully saturated rings. The molecule has 7 heteroatoms. The van der Waals surface area contributed by atoms with Gasteiger partial charge in [-0.25, -0.2) is 4.68 Å². The molecule has 1 N–H and O–H groups in total. The van der Waals surface area contributed by atoms with E-state index in [-0.39, 0.29) is 30.3 Å². The number of nitrogens with one attached hydrogen (secondary N) is 1. The van der Waals surface area contributed by atoms with Crippen molar-refractivity contribution in [2.75, 3.05) is 11.9 Å². The van der Waals surface area contributed by atoms with E-state index in [0.29, 0.717) is 28.6 Å². The van der Waals surface area contributed by atoms with Crippen LogP contribution in [0, 0.1) is 0 Å². The Hall–Kier alpha value is -3.90. The summed E-state index contributed by atoms with van der Waals surface area (Å²) in [4.78, 5) is 28.5. The van der Waals surface area contributed by atoms with E-state index in [0.717, 1.165) is 11.1 Å². The molecule has 1 unspecified atom stereocenters. The molecule has 1 atom stereocenters. The largest absolute Gasteiger partial charge is 0.330 e. The molecule has 4 aromatic rings. The topological polar surface area (TPSA) is 67.2 Å². The Morgan fingerprint density at radius 1 is 0.946 bits per heavy atom. The first-order valence-corrected chi connectivity index (χ1v) is 12.8. The molecule has 4 rings (SSSR count). The van der Waals surface area contributed by atoms with Crippen molar-refractivity contribution < 1.29 is 9.59 Å². The van der Waals surface area contributed by atoms with Crippen LogP contribution >= 0.6 is 11.6 Å². The molecule has 0 bridgehead atoms. The van der Waals surface area contributed by atoms with Crippen molar-refractivity contribution in [3.63, 3.8) is 0 Å². The zero-order valence-corrected chi connectivity index (χ0v) is 22.0. The molecule has 0 saturated carbocycles. The van der Waals surface area contributed by atoms with Gasteiger partial charge in [-0.15, -0.1) is 0 Å². The fourth-order valence-electron chi connectivity index (χ4n) is 4.32. The van der Waals surface area contributed by atoms with Crippen LogP contribution in [0.25, 0.3) is 16.9 Å². The summed E-state index contributed by atoms with van der Waals surface area (Å²) in [6.07, 6.45) is 0.646. The minimum Gasteiger partial charge on any atom is -0.330 e. The van der Waals surface area contributed by atoms with Crippen LogP contribution in [0.5, 0.6) is 0 Å². The molecule has 6 nitrogen and oxygen atoms in total. The minimum absolute atomic E-state index is 0.0663. The number of rotatable bonds is 9. The van der Waals surface area contributed by atoms with E-state index >= 15 is 0 Å². The summed E-state index contributed by atoms with van der Waals surface area (Å²) < 4.78 is 1.63. The van der Waals surface area contributed by atoms with Gasteiger partial charge in [0.05, 0.1) is 22.3 Å². The van der Waals surface area contributed by atoms with Gasteiger partial charge in [0.2, 0.25) is 11.8 Å². The standard InChI is InChI=1S/C30H31ClN4O2/c1-4-24(22-13-7-5-8-14-22)30(37)34(21(2)3)20-29(36)32-28-19-26(23-15-9-6-10-16-23)33-35(28)27-18-12-11-17-25(27)31/h5-19,21,24H,4,20H2,1-3H3,(H,32,36). The summed E-state index contributed by atoms with van der Waals surface area (Å²) in [7, 11) is 0. The molecular weight excluding hydrogens is 484 g/mol. The average Bonchev–Trinajstić information content (AvgIpc) is 3.32. The monoisotopic (exact) mass is 514 g/mol. The van der Waals surface area contributed by atoms with Crippen LogP contribution in [0.4, 0.5) is 5.82 Å². The first-order valence-electron chi connectivity index (χ1n) is 12.4. The maximum absolute atomic E-state index is 13.5. The molecule has 2 amide bonds. The normalized spacial score (nSPS) is 11.8. The van der Waals surface area contributed by atoms with Crippen LogP contribution in [0.2, 0.25) is 5.02 Å². The number of nitrogens with zero attached hydrogens (tertiary/aromatic N) is 3. The summed E-state index contributed by atoms with van der Waals surface area (Å²) in [5.74, 6) is -0.209. The maximum Gasteiger partial charge on any atom is 0.245 e. The first-order chi connectivity index (χ1) is 17.9. The second-order valence-corrected chi connectivity index (χ2v) is 9.53. The first kappa shape index (κ1) is 26.2. The molecule has 0 aliphatic heterocycles. The van der Waals surface area contributed by atoms with Crippen molar-refractivity contribution in [3.05, 3.63) is 102 Å². The molecule has 1 aromatic heterocycles. The molecule has 3 aromatic carbocycles. The lowest BCUT2D eigenvalue weighted by Crippen LogP contribution is -2.44. The van der Waals surface area contributed by atoms with Crippen molar-refractivity contribution >= 4 is 29.2 Å². The van der Waals surface area contributed by atoms with Gasteiger partial charge < -0.3 is 10.2 Å². The second-order valence-electron chi connectivity index (χ2n) is 9.12. The summed E-state index contributed by atoms with van der Waals surface area (Å²) in [5.41, 5.74) is 3.21. The molecule has 37 heavy (non-hydrogen) atoms. The zero-order valence-electron chi connectivity index (χ0n) is 21.3. The molecule has 0 aliphatic rings. The number of amides is 2. The van der Waals surface area contributed by atoms with Gasteiger partial charge in [0.25, 0.3) is 0 Å². The highest BCUT2D eigenvalue weighted by Gasteiger charge is 2.28. The van der Waals surface area contributed by atoms with E-state index in [4.69, 9.17) is 16.7 Å². The number of aromatic nitrogens is 2. The van der Waals surface area contributed by atoms with E-state index in [9.17, 15) is 9.59 Å². The predicted octanol–water partition coefficient (Wildman–Crippen LogP) is 6.56. The van der Waals surface area contributed by atoms with E-state index < -0.39 is 0 Å². The SMILES string of the molecule is CCC(C(=O)N(CC(=O)Nc1cc(-c2ccccc2)nn1-c1ccccc1Cl)C(C)C)c1ccccc1. The zero-order chi connectivity index (χ0) is 26.4. The number of halogens is 1. The Balaban J connectivity index is 1.61. The van der Waals surface area contributed by atoms with Gasteiger partial charge in [-0.1, -0.05) is 91.3 Å². The van der Waals surface area contributed by atoms with E-state index in [1.165, 1.54) is 0 Å². The van der Waals surface area contributed by atoms with Gasteiger partial charge in [-0.3, -0.25) is 9.59 Å². The number of carbonyl (C=O) groups excluding carboxylic acids is 2. The highest BCUT2D eigenvalue weighted by molar-refractivity contribution is 6.32. The number of benzene rings is 3. The van der Waals surface area contributed by atoms with Crippen LogP contribution < -0.4 is 5.32 Å². The molecule has 0 radical (unpaired) electrons. The van der Waals surface area contributed by atoms with Gasteiger partial charge >= 0.3 is 0 Å². The molecular formula is C30H31ClN4O2. The Morgan fingerprint density at radius 2 is 1.57 bits per heavy atom. The van der Waals surface area contributed by atoms with Gasteiger partial charge in [0.1, 0.15) is 12.4 Å². The van der Waals surface area contributed by atoms with Crippen LogP contribution in [0.3, 0.4) is 0 Å². The summed E-state index contributed by atoms with van der Waals surface area (Å²) >= 11 is 6.47. The average molecular weight is 515 g/mol. The Bertz CT molecular complexity index is 1350. The van der Waals surface area contributed by atoms with E-state index in [1.54, 1.807) is 15.6 Å². The number of para-hydroxylation sites is 1. The third kappa shape index (κ3) is 6.09. The van der Waals surface area contributed by atoms with Crippen LogP contribution in [-0.4, -0.2) is 39.1 Å². The molecule has 1 heterocycles. The molecule has 0 saturated heterocycles. The fraction of sp³-hybridized carbons (Fsp3) is 0.233. The predicted molar refractivity (Wildman–Crippen MR) is 149 cm³/mol. The van der Waals surface area contributed by atoms with E-state index in [2.05, 4.69) is 5.32 Å². The lowest BCUT2D eigenvalue weighted by Gasteiger charge is -2.30. The Kier molecular flexibility index (Phi) is 8.41. The number of anilines is 1. The molecule has 190 valence electrons. The number of carbonyl (C=O) groups is 2. The lowest BCUT2D eigenvalue weighted by molar-refractivity contribution is -0.137. The van der Waals surface area contributed by atoms with Gasteiger partial charge in [-0.2, -0.15) is 5.10 Å². The summed E-state index contributed by atoms with van der Waals surface area (Å²) in [6, 6.07) is 28.4. The fourth-order valence-corrected chi connectivity index (χ4v) is 4.53. The van der Waals surface area contributed by atoms with Crippen molar-refractivity contribution in [2.45, 2.75) is 39.2 Å². The maximum atomic E-state index is 13.5. The molecule has 0 aliphatic carbocycles. The smallest absolute Gasteiger partial charge is 0.245 e. The van der Waals surface area contributed by atoms with Crippen molar-refractivity contribution in [2.24, 2.45) is 0 Å². The van der Waals surface area contributed by atoms with Gasteiger partial charge in [0.15, 0.2) is 0 Å². The van der Waals surface area contributed by atoms with Crippen LogP contribution in [-0.2, 0) is 9.59 Å². The number of hydrogen-bond acceptors (Lipinski definition) is 3. The minimum atomic E-state index is -0.310. The van der Waals surface area contributed by atoms with Crippen molar-refractivity contribution in [1.82, 2.24) is 14.7 Å². The van der Waals surface area contributed by atoms with Crippen molar-refractivity contribution in [1.29, 1.82) is 0 Å². The Labute approximate surface area is 222 Å². The second kappa shape index (κ2) is 11.9. The van der Waals surface area contributed by atoms with E-state index in [1.807, 2.05) is 106 Å². The highest BCUT2D eigenvalue weighted by Crippen LogP contribution is 2.28.